The molecule has 1 saturated heterocycles. The van der Waals surface area contributed by atoms with E-state index >= 15 is 0 Å². The number of thiazole rings is 1. The number of hydrogen-bond acceptors (Lipinski definition) is 6. The number of nitrogens with zero attached hydrogens (tertiary/aromatic N) is 3. The van der Waals surface area contributed by atoms with E-state index in [4.69, 9.17) is 4.98 Å². The van der Waals surface area contributed by atoms with Crippen LogP contribution in [0.25, 0.3) is 10.6 Å². The average molecular weight is 412 g/mol. The molecule has 25 heavy (non-hydrogen) atoms. The molecule has 8 heteroatoms. The molecule has 1 fully saturated rings. The van der Waals surface area contributed by atoms with Gasteiger partial charge in [0.25, 0.3) is 5.91 Å². The fraction of sp³-hybridized carbons (Fsp3) is 0.294. The Kier molecular flexibility index (Phi) is 6.24. The molecule has 0 aromatic carbocycles. The summed E-state index contributed by atoms with van der Waals surface area (Å²) in [5.74, 6) is 0.166. The first kappa shape index (κ1) is 18.5. The largest absolute Gasteiger partial charge is 0.335 e. The van der Waals surface area contributed by atoms with Gasteiger partial charge >= 0.3 is 0 Å². The summed E-state index contributed by atoms with van der Waals surface area (Å²) in [6.45, 7) is 4.27. The third-order valence-electron chi connectivity index (χ3n) is 4.08. The van der Waals surface area contributed by atoms with Gasteiger partial charge in [-0.3, -0.25) is 9.69 Å². The fourth-order valence-corrected chi connectivity index (χ4v) is 5.06. The predicted octanol–water partition coefficient (Wildman–Crippen LogP) is 4.31. The maximum atomic E-state index is 12.4. The van der Waals surface area contributed by atoms with Gasteiger partial charge in [0, 0.05) is 31.6 Å². The van der Waals surface area contributed by atoms with Crippen LogP contribution in [0.5, 0.6) is 0 Å². The van der Waals surface area contributed by atoms with Crippen LogP contribution < -0.4 is 0 Å². The van der Waals surface area contributed by atoms with Crippen molar-refractivity contribution in [2.45, 2.75) is 6.54 Å². The number of rotatable bonds is 4. The molecule has 1 aliphatic rings. The van der Waals surface area contributed by atoms with E-state index in [9.17, 15) is 4.79 Å². The molecule has 0 unspecified atom stereocenters. The van der Waals surface area contributed by atoms with Crippen molar-refractivity contribution >= 4 is 52.3 Å². The van der Waals surface area contributed by atoms with Gasteiger partial charge in [-0.15, -0.1) is 46.4 Å². The van der Waals surface area contributed by atoms with Crippen LogP contribution in [0.2, 0.25) is 0 Å². The van der Waals surface area contributed by atoms with Crippen molar-refractivity contribution in [1.29, 1.82) is 0 Å². The van der Waals surface area contributed by atoms with Gasteiger partial charge in [0.2, 0.25) is 0 Å². The molecule has 3 aromatic rings. The number of piperazine rings is 1. The van der Waals surface area contributed by atoms with Crippen LogP contribution in [0.1, 0.15) is 14.7 Å². The number of amides is 1. The second-order valence-corrected chi connectivity index (χ2v) is 8.49. The first-order valence-electron chi connectivity index (χ1n) is 7.83. The van der Waals surface area contributed by atoms with Crippen LogP contribution in [0.15, 0.2) is 40.4 Å². The molecule has 0 aliphatic carbocycles. The maximum Gasteiger partial charge on any atom is 0.264 e. The monoisotopic (exact) mass is 411 g/mol. The lowest BCUT2D eigenvalue weighted by Gasteiger charge is -2.34. The van der Waals surface area contributed by atoms with E-state index in [0.29, 0.717) is 0 Å². The summed E-state index contributed by atoms with van der Waals surface area (Å²) in [4.78, 5) is 23.5. The van der Waals surface area contributed by atoms with Crippen LogP contribution in [0.4, 0.5) is 0 Å². The molecule has 4 rings (SSSR count). The number of thiophene rings is 2. The lowest BCUT2D eigenvalue weighted by atomic mass is 10.3. The number of halogens is 1. The van der Waals surface area contributed by atoms with Crippen molar-refractivity contribution in [2.75, 3.05) is 26.2 Å². The molecule has 0 atom stereocenters. The van der Waals surface area contributed by atoms with Crippen molar-refractivity contribution in [3.8, 4) is 10.6 Å². The number of carbonyl (C=O) groups is 1. The number of carbonyl (C=O) groups excluding carboxylic acids is 1. The number of aromatic nitrogens is 1. The minimum Gasteiger partial charge on any atom is -0.335 e. The normalized spacial score (nSPS) is 15.1. The fourth-order valence-electron chi connectivity index (χ4n) is 2.78. The highest BCUT2D eigenvalue weighted by Gasteiger charge is 2.23. The summed E-state index contributed by atoms with van der Waals surface area (Å²) in [5, 5.41) is 7.32. The van der Waals surface area contributed by atoms with Gasteiger partial charge in [0.15, 0.2) is 0 Å². The molecule has 0 saturated carbocycles. The molecule has 0 N–H and O–H groups in total. The Balaban J connectivity index is 0.00000182. The molecule has 3 aromatic heterocycles. The van der Waals surface area contributed by atoms with Crippen molar-refractivity contribution in [2.24, 2.45) is 0 Å². The molecule has 0 radical (unpaired) electrons. The zero-order valence-corrected chi connectivity index (χ0v) is 16.7. The van der Waals surface area contributed by atoms with Crippen LogP contribution in [0.3, 0.4) is 0 Å². The van der Waals surface area contributed by atoms with E-state index in [1.54, 1.807) is 22.7 Å². The zero-order valence-electron chi connectivity index (χ0n) is 13.5. The Morgan fingerprint density at radius 1 is 1.04 bits per heavy atom. The summed E-state index contributed by atoms with van der Waals surface area (Å²) >= 11 is 4.96. The molecule has 0 spiro atoms. The van der Waals surface area contributed by atoms with E-state index < -0.39 is 0 Å². The summed E-state index contributed by atoms with van der Waals surface area (Å²) in [7, 11) is 0. The Morgan fingerprint density at radius 3 is 2.48 bits per heavy atom. The smallest absolute Gasteiger partial charge is 0.264 e. The lowest BCUT2D eigenvalue weighted by molar-refractivity contribution is 0.0633. The van der Waals surface area contributed by atoms with Crippen molar-refractivity contribution in [1.82, 2.24) is 14.8 Å². The van der Waals surface area contributed by atoms with Crippen LogP contribution in [-0.2, 0) is 6.54 Å². The van der Waals surface area contributed by atoms with Crippen LogP contribution in [0, 0.1) is 0 Å². The van der Waals surface area contributed by atoms with Gasteiger partial charge < -0.3 is 4.90 Å². The minimum atomic E-state index is 0. The van der Waals surface area contributed by atoms with E-state index in [1.165, 1.54) is 16.2 Å². The van der Waals surface area contributed by atoms with Crippen molar-refractivity contribution in [3.05, 3.63) is 50.3 Å². The first-order valence-corrected chi connectivity index (χ1v) is 10.5. The van der Waals surface area contributed by atoms with E-state index in [1.807, 2.05) is 22.4 Å². The summed E-state index contributed by atoms with van der Waals surface area (Å²) in [5.41, 5.74) is 1.08. The molecule has 4 heterocycles. The Labute approximate surface area is 165 Å². The molecular weight excluding hydrogens is 394 g/mol. The average Bonchev–Trinajstić information content (AvgIpc) is 3.36. The van der Waals surface area contributed by atoms with Crippen molar-refractivity contribution < 1.29 is 4.79 Å². The highest BCUT2D eigenvalue weighted by Crippen LogP contribution is 2.26. The van der Waals surface area contributed by atoms with Gasteiger partial charge in [-0.2, -0.15) is 0 Å². The highest BCUT2D eigenvalue weighted by atomic mass is 35.5. The second kappa shape index (κ2) is 8.42. The lowest BCUT2D eigenvalue weighted by Crippen LogP contribution is -2.48. The Morgan fingerprint density at radius 2 is 1.80 bits per heavy atom. The summed E-state index contributed by atoms with van der Waals surface area (Å²) in [6.07, 6.45) is 0. The van der Waals surface area contributed by atoms with Gasteiger partial charge in [0.05, 0.1) is 22.0 Å². The van der Waals surface area contributed by atoms with Gasteiger partial charge in [-0.05, 0) is 22.9 Å². The summed E-state index contributed by atoms with van der Waals surface area (Å²) in [6, 6.07) is 8.00. The number of hydrogen-bond donors (Lipinski definition) is 0. The molecule has 132 valence electrons. The van der Waals surface area contributed by atoms with E-state index in [0.717, 1.165) is 48.3 Å². The molecule has 0 bridgehead atoms. The third-order valence-corrected chi connectivity index (χ3v) is 6.66. The quantitative estimate of drug-likeness (QED) is 0.641. The third kappa shape index (κ3) is 4.30. The first-order chi connectivity index (χ1) is 11.8. The van der Waals surface area contributed by atoms with E-state index in [-0.39, 0.29) is 18.3 Å². The molecule has 1 aliphatic heterocycles. The molecule has 4 nitrogen and oxygen atoms in total. The SMILES string of the molecule is Cl.O=C(c1cccs1)N1CCN(Cc2nc(-c3cccs3)cs2)CC1. The Bertz CT molecular complexity index is 793. The summed E-state index contributed by atoms with van der Waals surface area (Å²) < 4.78 is 0. The highest BCUT2D eigenvalue weighted by molar-refractivity contribution is 7.14. The van der Waals surface area contributed by atoms with Gasteiger partial charge in [0.1, 0.15) is 5.01 Å². The minimum absolute atomic E-state index is 0. The predicted molar refractivity (Wildman–Crippen MR) is 108 cm³/mol. The Hall–Kier alpha value is -1.25. The topological polar surface area (TPSA) is 36.4 Å². The van der Waals surface area contributed by atoms with Crippen LogP contribution >= 0.6 is 46.4 Å². The maximum absolute atomic E-state index is 12.4. The van der Waals surface area contributed by atoms with Crippen LogP contribution in [-0.4, -0.2) is 46.9 Å². The standard InChI is InChI=1S/C17H17N3OS3.ClH/c21-17(15-4-2-10-23-15)20-7-5-19(6-8-20)11-16-18-13(12-24-16)14-3-1-9-22-14;/h1-4,9-10,12H,5-8,11H2;1H. The van der Waals surface area contributed by atoms with Crippen molar-refractivity contribution in [3.63, 3.8) is 0 Å². The zero-order chi connectivity index (χ0) is 16.4. The van der Waals surface area contributed by atoms with Gasteiger partial charge in [-0.1, -0.05) is 12.1 Å². The second-order valence-electron chi connectivity index (χ2n) is 5.65. The van der Waals surface area contributed by atoms with E-state index in [2.05, 4.69) is 27.8 Å². The van der Waals surface area contributed by atoms with Gasteiger partial charge in [-0.25, -0.2) is 4.98 Å². The molecular formula is C17H18ClN3OS3. The molecule has 1 amide bonds.